The second-order valence-corrected chi connectivity index (χ2v) is 4.00. The Morgan fingerprint density at radius 3 is 2.62 bits per heavy atom. The second-order valence-electron chi connectivity index (χ2n) is 3.53. The molecule has 0 aromatic heterocycles. The van der Waals surface area contributed by atoms with E-state index in [1.807, 2.05) is 23.0 Å². The Hall–Kier alpha value is -0.306. The van der Waals surface area contributed by atoms with Crippen LogP contribution in [0.1, 0.15) is 6.42 Å². The molecule has 2 nitrogen and oxygen atoms in total. The molecule has 0 aromatic rings. The molecule has 2 unspecified atom stereocenters. The van der Waals surface area contributed by atoms with Crippen LogP contribution in [-0.4, -0.2) is 34.8 Å². The summed E-state index contributed by atoms with van der Waals surface area (Å²) < 4.78 is 1.96. The van der Waals surface area contributed by atoms with Crippen molar-refractivity contribution in [2.75, 3.05) is 13.1 Å². The summed E-state index contributed by atoms with van der Waals surface area (Å²) in [6, 6.07) is 1.44. The van der Waals surface area contributed by atoms with Crippen molar-refractivity contribution in [3.05, 3.63) is 24.4 Å². The van der Waals surface area contributed by atoms with Crippen LogP contribution in [0.2, 0.25) is 0 Å². The first-order valence-electron chi connectivity index (χ1n) is 4.61. The van der Waals surface area contributed by atoms with Gasteiger partial charge in [-0.25, -0.2) is 0 Å². The van der Waals surface area contributed by atoms with Gasteiger partial charge >= 0.3 is 87.9 Å². The average molecular weight is 212 g/mol. The number of fused-ring (bicyclic) bond motifs is 2. The number of allylic oxidation sites excluding steroid dienone is 3. The summed E-state index contributed by atoms with van der Waals surface area (Å²) >= 11 is 2.42. The molecule has 13 heavy (non-hydrogen) atoms. The number of rotatable bonds is 3. The fraction of sp³-hybridized carbons (Fsp3) is 0.500. The molecule has 2 atom stereocenters. The molecular weight excluding hydrogens is 199 g/mol. The number of hydrogen-bond acceptors (Lipinski definition) is 2. The molecule has 0 aromatic carbocycles. The van der Waals surface area contributed by atoms with E-state index in [0.717, 1.165) is 25.2 Å². The molecular formula is C10H13N2V-. The first-order chi connectivity index (χ1) is 6.38. The summed E-state index contributed by atoms with van der Waals surface area (Å²) in [5.41, 5.74) is 0. The summed E-state index contributed by atoms with van der Waals surface area (Å²) in [5, 5.41) is 3.49. The second kappa shape index (κ2) is 4.27. The van der Waals surface area contributed by atoms with Crippen molar-refractivity contribution in [1.82, 2.24) is 10.2 Å². The minimum absolute atomic E-state index is 0.720. The molecule has 3 fully saturated rings. The summed E-state index contributed by atoms with van der Waals surface area (Å²) in [7, 11) is 0. The van der Waals surface area contributed by atoms with Crippen LogP contribution in [0.4, 0.5) is 0 Å². The van der Waals surface area contributed by atoms with E-state index in [-0.39, 0.29) is 0 Å². The molecule has 0 spiro atoms. The van der Waals surface area contributed by atoms with E-state index in [1.165, 1.54) is 6.42 Å². The molecule has 3 heterocycles. The molecule has 69 valence electrons. The molecule has 0 amide bonds. The van der Waals surface area contributed by atoms with Crippen LogP contribution in [0.5, 0.6) is 0 Å². The van der Waals surface area contributed by atoms with Gasteiger partial charge in [-0.1, -0.05) is 0 Å². The van der Waals surface area contributed by atoms with Gasteiger partial charge in [0.05, 0.1) is 0 Å². The Kier molecular flexibility index (Phi) is 3.04. The molecule has 3 heteroatoms. The fourth-order valence-electron chi connectivity index (χ4n) is 1.87. The number of nitrogens with one attached hydrogen (secondary N) is 1. The average Bonchev–Trinajstić information content (AvgIpc) is 2.12. The standard InChI is InChI=1S/C10H13N2.V/c1-2-3-4-5-12-7-9-6-10(8-12)11-9;/h1-4,9-11H,6-8H2;/q-1;/b3-2-;. The van der Waals surface area contributed by atoms with E-state index in [4.69, 9.17) is 0 Å². The van der Waals surface area contributed by atoms with Gasteiger partial charge in [-0.05, 0) is 0 Å². The fourth-order valence-corrected chi connectivity index (χ4v) is 2.03. The Bertz CT molecular complexity index is 231. The maximum atomic E-state index is 3.49. The van der Waals surface area contributed by atoms with E-state index in [0.29, 0.717) is 0 Å². The molecule has 2 bridgehead atoms. The van der Waals surface area contributed by atoms with Gasteiger partial charge in [0.25, 0.3) is 0 Å². The van der Waals surface area contributed by atoms with Crippen LogP contribution in [0.3, 0.4) is 0 Å². The predicted octanol–water partition coefficient (Wildman–Crippen LogP) is 0.255. The molecule has 3 saturated heterocycles. The Balaban J connectivity index is 1.78. The summed E-state index contributed by atoms with van der Waals surface area (Å²) in [4.78, 5) is 2.27. The number of nitrogens with zero attached hydrogens (tertiary/aromatic N) is 1. The normalized spacial score (nSPS) is 32.4. The van der Waals surface area contributed by atoms with Gasteiger partial charge in [0.2, 0.25) is 0 Å². The topological polar surface area (TPSA) is 15.3 Å². The van der Waals surface area contributed by atoms with Crippen molar-refractivity contribution >= 4 is 4.73 Å². The zero-order valence-electron chi connectivity index (χ0n) is 7.48. The van der Waals surface area contributed by atoms with Crippen molar-refractivity contribution in [1.29, 1.82) is 0 Å². The summed E-state index contributed by atoms with van der Waals surface area (Å²) in [6.45, 7) is 2.24. The van der Waals surface area contributed by atoms with E-state index in [9.17, 15) is 0 Å². The summed E-state index contributed by atoms with van der Waals surface area (Å²) in [5.74, 6) is 0. The monoisotopic (exact) mass is 212 g/mol. The quantitative estimate of drug-likeness (QED) is 0.533. The van der Waals surface area contributed by atoms with E-state index >= 15 is 0 Å². The molecule has 3 aliphatic rings. The van der Waals surface area contributed by atoms with Crippen LogP contribution >= 0.6 is 0 Å². The van der Waals surface area contributed by atoms with E-state index < -0.39 is 0 Å². The number of piperazine rings is 1. The zero-order chi connectivity index (χ0) is 9.10. The molecule has 3 rings (SSSR count). The van der Waals surface area contributed by atoms with Crippen molar-refractivity contribution in [3.8, 4) is 0 Å². The summed E-state index contributed by atoms with van der Waals surface area (Å²) in [6.07, 6.45) is 10.6. The molecule has 0 radical (unpaired) electrons. The maximum absolute atomic E-state index is 3.49. The van der Waals surface area contributed by atoms with Crippen LogP contribution < -0.4 is 5.32 Å². The minimum atomic E-state index is 0.720. The van der Waals surface area contributed by atoms with E-state index in [2.05, 4.69) is 33.4 Å². The van der Waals surface area contributed by atoms with Gasteiger partial charge in [0.15, 0.2) is 0 Å². The molecule has 1 N–H and O–H groups in total. The predicted molar refractivity (Wildman–Crippen MR) is 49.9 cm³/mol. The Morgan fingerprint density at radius 1 is 1.31 bits per heavy atom. The van der Waals surface area contributed by atoms with Crippen LogP contribution in [-0.2, 0) is 17.0 Å². The number of hydrogen-bond donors (Lipinski definition) is 1. The Morgan fingerprint density at radius 2 is 2.00 bits per heavy atom. The third-order valence-electron chi connectivity index (χ3n) is 2.47. The van der Waals surface area contributed by atoms with Gasteiger partial charge in [-0.15, -0.1) is 0 Å². The first kappa shape index (κ1) is 9.26. The van der Waals surface area contributed by atoms with Gasteiger partial charge < -0.3 is 0 Å². The van der Waals surface area contributed by atoms with Crippen LogP contribution in [0, 0.1) is 6.20 Å². The van der Waals surface area contributed by atoms with Gasteiger partial charge in [0.1, 0.15) is 0 Å². The van der Waals surface area contributed by atoms with Gasteiger partial charge in [0, 0.05) is 0 Å². The zero-order valence-corrected chi connectivity index (χ0v) is 8.88. The number of piperidine rings is 1. The molecule has 0 aliphatic carbocycles. The van der Waals surface area contributed by atoms with Crippen LogP contribution in [0.25, 0.3) is 0 Å². The van der Waals surface area contributed by atoms with Crippen molar-refractivity contribution in [2.24, 2.45) is 0 Å². The third kappa shape index (κ3) is 2.34. The van der Waals surface area contributed by atoms with Gasteiger partial charge in [-0.2, -0.15) is 0 Å². The van der Waals surface area contributed by atoms with Crippen molar-refractivity contribution in [3.63, 3.8) is 0 Å². The van der Waals surface area contributed by atoms with Crippen molar-refractivity contribution in [2.45, 2.75) is 18.5 Å². The molecule has 3 aliphatic heterocycles. The van der Waals surface area contributed by atoms with Gasteiger partial charge in [-0.3, -0.25) is 0 Å². The van der Waals surface area contributed by atoms with E-state index in [1.54, 1.807) is 0 Å². The first-order valence-corrected chi connectivity index (χ1v) is 5.42. The third-order valence-corrected chi connectivity index (χ3v) is 2.74. The van der Waals surface area contributed by atoms with Crippen molar-refractivity contribution < 1.29 is 17.0 Å². The van der Waals surface area contributed by atoms with Crippen LogP contribution in [0.15, 0.2) is 18.2 Å². The molecule has 0 saturated carbocycles. The SMILES string of the molecule is [V]=[CH]/C=C\C=[C-]N1CC2CC(C1)N2. The Labute approximate surface area is 88.2 Å².